The molecule has 2 aliphatic rings. The number of anilines is 1. The number of hydrogen-bond acceptors (Lipinski definition) is 5. The van der Waals surface area contributed by atoms with E-state index in [2.05, 4.69) is 16.0 Å². The molecule has 28 heavy (non-hydrogen) atoms. The van der Waals surface area contributed by atoms with E-state index >= 15 is 0 Å². The molecule has 0 unspecified atom stereocenters. The van der Waals surface area contributed by atoms with E-state index < -0.39 is 6.10 Å². The Morgan fingerprint density at radius 3 is 2.71 bits per heavy atom. The quantitative estimate of drug-likeness (QED) is 0.666. The fourth-order valence-corrected chi connectivity index (χ4v) is 3.72. The van der Waals surface area contributed by atoms with Gasteiger partial charge in [0, 0.05) is 6.07 Å². The maximum absolute atomic E-state index is 10.3. The zero-order valence-corrected chi connectivity index (χ0v) is 16.0. The number of aromatic amines is 1. The van der Waals surface area contributed by atoms with E-state index in [0.29, 0.717) is 26.4 Å². The zero-order valence-electron chi connectivity index (χ0n) is 16.0. The minimum Gasteiger partial charge on any atom is -0.486 e. The number of quaternary nitrogens is 1. The first kappa shape index (κ1) is 19.0. The van der Waals surface area contributed by atoms with Crippen molar-refractivity contribution >= 4 is 5.82 Å². The first-order valence-corrected chi connectivity index (χ1v) is 9.97. The molecule has 2 atom stereocenters. The number of fused-ring (bicyclic) bond motifs is 1. The molecule has 1 aromatic heterocycles. The van der Waals surface area contributed by atoms with E-state index in [-0.39, 0.29) is 6.10 Å². The molecule has 0 bridgehead atoms. The number of pyridine rings is 1. The van der Waals surface area contributed by atoms with Gasteiger partial charge in [0.05, 0.1) is 19.4 Å². The summed E-state index contributed by atoms with van der Waals surface area (Å²) in [5.74, 6) is 2.68. The van der Waals surface area contributed by atoms with Crippen molar-refractivity contribution in [1.82, 2.24) is 0 Å². The predicted octanol–water partition coefficient (Wildman–Crippen LogP) is -0.577. The van der Waals surface area contributed by atoms with E-state index in [1.165, 1.54) is 4.90 Å². The van der Waals surface area contributed by atoms with E-state index in [0.717, 1.165) is 43.5 Å². The molecular formula is C21H29N3O4+2. The summed E-state index contributed by atoms with van der Waals surface area (Å²) in [5, 5.41) is 10.3. The Kier molecular flexibility index (Phi) is 6.26. The molecule has 1 aromatic carbocycles. The number of H-pyrrole nitrogens is 1. The molecule has 0 amide bonds. The molecule has 0 aliphatic carbocycles. The molecule has 0 radical (unpaired) electrons. The van der Waals surface area contributed by atoms with Crippen molar-refractivity contribution in [2.24, 2.45) is 0 Å². The number of piperazine rings is 1. The summed E-state index contributed by atoms with van der Waals surface area (Å²) >= 11 is 0. The lowest BCUT2D eigenvalue weighted by molar-refractivity contribution is -0.903. The third kappa shape index (κ3) is 4.92. The van der Waals surface area contributed by atoms with Crippen molar-refractivity contribution < 1.29 is 29.2 Å². The number of benzene rings is 1. The monoisotopic (exact) mass is 387 g/mol. The Labute approximate surface area is 165 Å². The third-order valence-electron chi connectivity index (χ3n) is 5.21. The molecular weight excluding hydrogens is 358 g/mol. The van der Waals surface area contributed by atoms with Crippen molar-refractivity contribution in [1.29, 1.82) is 0 Å². The summed E-state index contributed by atoms with van der Waals surface area (Å²) in [6.07, 6.45) is 1.34. The molecule has 1 saturated heterocycles. The first-order chi connectivity index (χ1) is 13.8. The molecule has 7 nitrogen and oxygen atoms in total. The zero-order chi connectivity index (χ0) is 19.2. The molecule has 4 rings (SSSR count). The first-order valence-electron chi connectivity index (χ1n) is 9.97. The molecule has 3 heterocycles. The summed E-state index contributed by atoms with van der Waals surface area (Å²) in [7, 11) is 0. The van der Waals surface area contributed by atoms with Gasteiger partial charge in [-0.15, -0.1) is 0 Å². The predicted molar refractivity (Wildman–Crippen MR) is 104 cm³/mol. The van der Waals surface area contributed by atoms with Gasteiger partial charge in [-0.1, -0.05) is 18.2 Å². The summed E-state index contributed by atoms with van der Waals surface area (Å²) in [4.78, 5) is 7.05. The minimum absolute atomic E-state index is 0.139. The van der Waals surface area contributed by atoms with Gasteiger partial charge in [0.1, 0.15) is 45.4 Å². The topological polar surface area (TPSA) is 69.7 Å². The fourth-order valence-electron chi connectivity index (χ4n) is 3.72. The standard InChI is InChI=1S/C21H27N3O4/c25-17(13-23-9-11-24(12-10-23)21-7-3-4-8-22-21)14-26-15-18-16-27-19-5-1-2-6-20(19)28-18/h1-8,17-18,25H,9-16H2/p+2/t17-,18+/m0/s1. The van der Waals surface area contributed by atoms with Gasteiger partial charge in [0.2, 0.25) is 0 Å². The number of para-hydroxylation sites is 2. The highest BCUT2D eigenvalue weighted by Crippen LogP contribution is 2.30. The largest absolute Gasteiger partial charge is 0.486 e. The van der Waals surface area contributed by atoms with Crippen molar-refractivity contribution in [2.45, 2.75) is 12.2 Å². The van der Waals surface area contributed by atoms with Gasteiger partial charge in [-0.2, -0.15) is 0 Å². The van der Waals surface area contributed by atoms with Crippen molar-refractivity contribution in [2.75, 3.05) is 57.4 Å². The van der Waals surface area contributed by atoms with Crippen LogP contribution < -0.4 is 24.3 Å². The molecule has 0 saturated carbocycles. The van der Waals surface area contributed by atoms with Crippen LogP contribution in [0.15, 0.2) is 48.7 Å². The molecule has 1 fully saturated rings. The van der Waals surface area contributed by atoms with Crippen molar-refractivity contribution in [3.63, 3.8) is 0 Å². The van der Waals surface area contributed by atoms with Gasteiger partial charge in [-0.05, 0) is 18.2 Å². The number of aromatic nitrogens is 1. The van der Waals surface area contributed by atoms with Gasteiger partial charge in [-0.3, -0.25) is 4.90 Å². The Balaban J connectivity index is 1.14. The van der Waals surface area contributed by atoms with Crippen LogP contribution >= 0.6 is 0 Å². The average Bonchev–Trinajstić information content (AvgIpc) is 2.75. The lowest BCUT2D eigenvalue weighted by Gasteiger charge is -2.30. The number of rotatable bonds is 7. The van der Waals surface area contributed by atoms with Crippen LogP contribution in [0.3, 0.4) is 0 Å². The molecule has 2 aromatic rings. The van der Waals surface area contributed by atoms with Gasteiger partial charge in [0.15, 0.2) is 17.6 Å². The molecule has 150 valence electrons. The minimum atomic E-state index is -0.471. The van der Waals surface area contributed by atoms with E-state index in [4.69, 9.17) is 14.2 Å². The molecule has 3 N–H and O–H groups in total. The normalized spacial score (nSPS) is 20.8. The molecule has 0 spiro atoms. The smallest absolute Gasteiger partial charge is 0.274 e. The summed E-state index contributed by atoms with van der Waals surface area (Å²) < 4.78 is 17.3. The van der Waals surface area contributed by atoms with Crippen molar-refractivity contribution in [3.05, 3.63) is 48.7 Å². The second-order valence-electron chi connectivity index (χ2n) is 7.38. The van der Waals surface area contributed by atoms with Crippen LogP contribution in [0.2, 0.25) is 0 Å². The van der Waals surface area contributed by atoms with Gasteiger partial charge < -0.3 is 24.2 Å². The van der Waals surface area contributed by atoms with Gasteiger partial charge in [-0.25, -0.2) is 4.98 Å². The van der Waals surface area contributed by atoms with Gasteiger partial charge >= 0.3 is 0 Å². The molecule has 2 aliphatic heterocycles. The van der Waals surface area contributed by atoms with Crippen LogP contribution in [0, 0.1) is 0 Å². The van der Waals surface area contributed by atoms with Crippen LogP contribution in [0.25, 0.3) is 0 Å². The summed E-state index contributed by atoms with van der Waals surface area (Å²) in [6, 6.07) is 13.8. The Hall–Kier alpha value is -2.35. The highest BCUT2D eigenvalue weighted by molar-refractivity contribution is 5.40. The maximum Gasteiger partial charge on any atom is 0.274 e. The third-order valence-corrected chi connectivity index (χ3v) is 5.21. The van der Waals surface area contributed by atoms with Crippen LogP contribution in [0.1, 0.15) is 0 Å². The Bertz CT molecular complexity index is 737. The lowest BCUT2D eigenvalue weighted by Crippen LogP contribution is -3.16. The number of aliphatic hydroxyl groups is 1. The van der Waals surface area contributed by atoms with Crippen LogP contribution in [-0.2, 0) is 4.74 Å². The number of nitrogens with zero attached hydrogens (tertiary/aromatic N) is 1. The van der Waals surface area contributed by atoms with E-state index in [9.17, 15) is 5.11 Å². The highest BCUT2D eigenvalue weighted by atomic mass is 16.6. The summed E-state index contributed by atoms with van der Waals surface area (Å²) in [6.45, 7) is 5.89. The van der Waals surface area contributed by atoms with Crippen LogP contribution in [0.5, 0.6) is 11.5 Å². The van der Waals surface area contributed by atoms with E-state index in [1.54, 1.807) is 0 Å². The maximum atomic E-state index is 10.3. The number of nitrogens with one attached hydrogen (secondary N) is 2. The average molecular weight is 387 g/mol. The van der Waals surface area contributed by atoms with Crippen molar-refractivity contribution in [3.8, 4) is 11.5 Å². The number of ether oxygens (including phenoxy) is 3. The second-order valence-corrected chi connectivity index (χ2v) is 7.38. The van der Waals surface area contributed by atoms with Gasteiger partial charge in [0.25, 0.3) is 5.82 Å². The highest BCUT2D eigenvalue weighted by Gasteiger charge is 2.27. The second kappa shape index (κ2) is 9.23. The van der Waals surface area contributed by atoms with Crippen LogP contribution in [-0.4, -0.2) is 69.9 Å². The lowest BCUT2D eigenvalue weighted by atomic mass is 10.2. The number of hydrogen-bond donors (Lipinski definition) is 2. The van der Waals surface area contributed by atoms with E-state index in [1.807, 2.05) is 42.6 Å². The SMILES string of the molecule is O[C@H](COC[C@@H]1COc2ccccc2O1)C[NH+]1CCN(c2cccc[nH+]2)CC1. The summed E-state index contributed by atoms with van der Waals surface area (Å²) in [5.41, 5.74) is 0. The van der Waals surface area contributed by atoms with Crippen LogP contribution in [0.4, 0.5) is 5.82 Å². The number of aliphatic hydroxyl groups excluding tert-OH is 1. The fraction of sp³-hybridized carbons (Fsp3) is 0.476. The Morgan fingerprint density at radius 2 is 1.93 bits per heavy atom. The Morgan fingerprint density at radius 1 is 1.14 bits per heavy atom. The molecule has 7 heteroatoms.